The lowest BCUT2D eigenvalue weighted by atomic mass is 10.1. The van der Waals surface area contributed by atoms with Crippen molar-refractivity contribution in [3.8, 4) is 0 Å². The predicted octanol–water partition coefficient (Wildman–Crippen LogP) is 2.44. The predicted molar refractivity (Wildman–Crippen MR) is 72.9 cm³/mol. The molecule has 0 aliphatic rings. The second-order valence-corrected chi connectivity index (χ2v) is 4.89. The van der Waals surface area contributed by atoms with Gasteiger partial charge in [-0.1, -0.05) is 23.4 Å². The van der Waals surface area contributed by atoms with Crippen LogP contribution in [0.2, 0.25) is 0 Å². The Bertz CT molecular complexity index is 901. The number of nitrogens with one attached hydrogen (secondary N) is 1. The van der Waals surface area contributed by atoms with Gasteiger partial charge in [0.1, 0.15) is 0 Å². The van der Waals surface area contributed by atoms with Crippen LogP contribution in [0.15, 0.2) is 24.3 Å². The van der Waals surface area contributed by atoms with Crippen molar-refractivity contribution in [2.24, 2.45) is 0 Å². The summed E-state index contributed by atoms with van der Waals surface area (Å²) in [6.45, 7) is 4.18. The maximum absolute atomic E-state index is 4.26. The first kappa shape index (κ1) is 10.4. The third-order valence-corrected chi connectivity index (χ3v) is 3.33. The zero-order valence-electron chi connectivity index (χ0n) is 10.6. The van der Waals surface area contributed by atoms with Crippen molar-refractivity contribution in [1.29, 1.82) is 0 Å². The van der Waals surface area contributed by atoms with Gasteiger partial charge in [0.05, 0.1) is 10.9 Å². The summed E-state index contributed by atoms with van der Waals surface area (Å²) in [5.41, 5.74) is 3.41. The molecular formula is C13H12N6. The average molecular weight is 252 g/mol. The number of hydrogen-bond acceptors (Lipinski definition) is 4. The Balaban J connectivity index is 2.37. The van der Waals surface area contributed by atoms with Crippen LogP contribution in [0.3, 0.4) is 0 Å². The van der Waals surface area contributed by atoms with E-state index in [1.165, 1.54) is 0 Å². The normalized spacial score (nSPS) is 12.2. The van der Waals surface area contributed by atoms with Gasteiger partial charge in [-0.3, -0.25) is 0 Å². The van der Waals surface area contributed by atoms with E-state index in [1.54, 1.807) is 0 Å². The van der Waals surface area contributed by atoms with E-state index in [4.69, 9.17) is 0 Å². The van der Waals surface area contributed by atoms with Gasteiger partial charge in [-0.05, 0) is 19.9 Å². The summed E-state index contributed by atoms with van der Waals surface area (Å²) in [5.74, 6) is 0. The SMILES string of the molecule is CC(C)n1nnc2nnc3[nH]c4ccccc4c1c23. The van der Waals surface area contributed by atoms with Crippen LogP contribution in [0.25, 0.3) is 33.1 Å². The second-order valence-electron chi connectivity index (χ2n) is 4.89. The lowest BCUT2D eigenvalue weighted by molar-refractivity contribution is 0.517. The standard InChI is InChI=1S/C13H12N6/c1-7(2)19-11-8-5-3-4-6-9(8)14-12-10(11)13(16-15-12)17-18-19/h3-7H,1-2H3,(H,14,15,16). The Hall–Kier alpha value is -2.50. The molecule has 0 aliphatic heterocycles. The Labute approximate surface area is 108 Å². The number of benzene rings is 1. The van der Waals surface area contributed by atoms with E-state index < -0.39 is 0 Å². The smallest absolute Gasteiger partial charge is 0.211 e. The molecule has 0 saturated carbocycles. The molecule has 0 radical (unpaired) electrons. The van der Waals surface area contributed by atoms with Gasteiger partial charge in [-0.15, -0.1) is 15.3 Å². The molecule has 94 valence electrons. The molecule has 6 nitrogen and oxygen atoms in total. The van der Waals surface area contributed by atoms with E-state index in [-0.39, 0.29) is 6.04 Å². The van der Waals surface area contributed by atoms with Gasteiger partial charge in [-0.25, -0.2) is 4.68 Å². The number of para-hydroxylation sites is 1. The monoisotopic (exact) mass is 252 g/mol. The highest BCUT2D eigenvalue weighted by molar-refractivity contribution is 6.14. The van der Waals surface area contributed by atoms with Gasteiger partial charge < -0.3 is 4.98 Å². The van der Waals surface area contributed by atoms with Crippen molar-refractivity contribution in [2.45, 2.75) is 19.9 Å². The maximum atomic E-state index is 4.26. The van der Waals surface area contributed by atoms with Crippen molar-refractivity contribution in [3.63, 3.8) is 0 Å². The van der Waals surface area contributed by atoms with Crippen LogP contribution in [0, 0.1) is 0 Å². The minimum absolute atomic E-state index is 0.223. The van der Waals surface area contributed by atoms with Crippen LogP contribution in [0.1, 0.15) is 19.9 Å². The highest BCUT2D eigenvalue weighted by atomic mass is 15.4. The summed E-state index contributed by atoms with van der Waals surface area (Å²) in [6.07, 6.45) is 0. The zero-order chi connectivity index (χ0) is 13.0. The average Bonchev–Trinajstić information content (AvgIpc) is 2.83. The van der Waals surface area contributed by atoms with Crippen LogP contribution in [0.4, 0.5) is 0 Å². The van der Waals surface area contributed by atoms with Crippen LogP contribution >= 0.6 is 0 Å². The quantitative estimate of drug-likeness (QED) is 0.528. The Morgan fingerprint density at radius 2 is 1.95 bits per heavy atom. The molecule has 0 bridgehead atoms. The number of H-pyrrole nitrogens is 1. The number of pyridine rings is 1. The van der Waals surface area contributed by atoms with Crippen molar-refractivity contribution in [2.75, 3.05) is 0 Å². The summed E-state index contributed by atoms with van der Waals surface area (Å²) >= 11 is 0. The van der Waals surface area contributed by atoms with Crippen molar-refractivity contribution < 1.29 is 0 Å². The first-order valence-electron chi connectivity index (χ1n) is 6.23. The van der Waals surface area contributed by atoms with Crippen molar-refractivity contribution in [3.05, 3.63) is 24.3 Å². The fourth-order valence-corrected chi connectivity index (χ4v) is 2.47. The van der Waals surface area contributed by atoms with Gasteiger partial charge in [0.2, 0.25) is 5.65 Å². The lowest BCUT2D eigenvalue weighted by Gasteiger charge is -2.13. The molecular weight excluding hydrogens is 240 g/mol. The molecule has 3 heterocycles. The number of hydrogen-bond donors (Lipinski definition) is 1. The topological polar surface area (TPSA) is 72.3 Å². The van der Waals surface area contributed by atoms with Crippen LogP contribution in [-0.4, -0.2) is 30.2 Å². The van der Waals surface area contributed by atoms with Crippen LogP contribution < -0.4 is 0 Å². The molecule has 0 atom stereocenters. The molecule has 0 unspecified atom stereocenters. The molecule has 4 rings (SSSR count). The van der Waals surface area contributed by atoms with Crippen LogP contribution in [-0.2, 0) is 0 Å². The summed E-state index contributed by atoms with van der Waals surface area (Å²) in [5, 5.41) is 18.7. The molecule has 1 N–H and O–H groups in total. The molecule has 6 heteroatoms. The third kappa shape index (κ3) is 1.31. The largest absolute Gasteiger partial charge is 0.337 e. The minimum Gasteiger partial charge on any atom is -0.337 e. The minimum atomic E-state index is 0.223. The Kier molecular flexibility index (Phi) is 1.92. The lowest BCUT2D eigenvalue weighted by Crippen LogP contribution is -2.10. The highest BCUT2D eigenvalue weighted by Crippen LogP contribution is 2.29. The maximum Gasteiger partial charge on any atom is 0.211 e. The number of fused-ring (bicyclic) bond motifs is 2. The zero-order valence-corrected chi connectivity index (χ0v) is 10.6. The highest BCUT2D eigenvalue weighted by Gasteiger charge is 2.16. The van der Waals surface area contributed by atoms with Crippen molar-refractivity contribution >= 4 is 33.1 Å². The molecule has 0 fully saturated rings. The third-order valence-electron chi connectivity index (χ3n) is 3.33. The van der Waals surface area contributed by atoms with E-state index in [0.717, 1.165) is 27.5 Å². The van der Waals surface area contributed by atoms with E-state index in [0.29, 0.717) is 5.65 Å². The number of rotatable bonds is 1. The number of nitrogens with zero attached hydrogens (tertiary/aromatic N) is 5. The van der Waals surface area contributed by atoms with Gasteiger partial charge in [0.25, 0.3) is 0 Å². The molecule has 1 aromatic carbocycles. The van der Waals surface area contributed by atoms with Crippen LogP contribution in [0.5, 0.6) is 0 Å². The first-order valence-corrected chi connectivity index (χ1v) is 6.23. The molecule has 0 aliphatic carbocycles. The molecule has 0 amide bonds. The first-order chi connectivity index (χ1) is 9.25. The molecule has 19 heavy (non-hydrogen) atoms. The fourth-order valence-electron chi connectivity index (χ4n) is 2.47. The summed E-state index contributed by atoms with van der Waals surface area (Å²) in [4.78, 5) is 3.30. The van der Waals surface area contributed by atoms with Gasteiger partial charge in [0, 0.05) is 16.9 Å². The molecule has 0 spiro atoms. The molecule has 0 saturated heterocycles. The van der Waals surface area contributed by atoms with E-state index >= 15 is 0 Å². The van der Waals surface area contributed by atoms with E-state index in [2.05, 4.69) is 45.4 Å². The van der Waals surface area contributed by atoms with E-state index in [1.807, 2.05) is 22.9 Å². The summed E-state index contributed by atoms with van der Waals surface area (Å²) < 4.78 is 1.93. The van der Waals surface area contributed by atoms with Crippen molar-refractivity contribution in [1.82, 2.24) is 30.2 Å². The summed E-state index contributed by atoms with van der Waals surface area (Å²) in [6, 6.07) is 8.35. The van der Waals surface area contributed by atoms with Gasteiger partial charge >= 0.3 is 0 Å². The number of aromatic amines is 1. The fraction of sp³-hybridized carbons (Fsp3) is 0.231. The Morgan fingerprint density at radius 1 is 1.11 bits per heavy atom. The van der Waals surface area contributed by atoms with Gasteiger partial charge in [-0.2, -0.15) is 0 Å². The second kappa shape index (κ2) is 3.50. The van der Waals surface area contributed by atoms with E-state index in [9.17, 15) is 0 Å². The molecule has 4 aromatic rings. The van der Waals surface area contributed by atoms with Gasteiger partial charge in [0.15, 0.2) is 5.65 Å². The molecule has 3 aromatic heterocycles. The number of aromatic nitrogens is 6. The Morgan fingerprint density at radius 3 is 2.79 bits per heavy atom. The summed E-state index contributed by atoms with van der Waals surface area (Å²) in [7, 11) is 0.